The minimum Gasteiger partial charge on any atom is -0.312 e. The lowest BCUT2D eigenvalue weighted by molar-refractivity contribution is 0.885. The molecule has 0 saturated heterocycles. The number of nitrogens with zero attached hydrogens (tertiary/aromatic N) is 3. The summed E-state index contributed by atoms with van der Waals surface area (Å²) < 4.78 is 2.32. The molecule has 1 aromatic heterocycles. The Morgan fingerprint density at radius 3 is 2.07 bits per heavy atom. The van der Waals surface area contributed by atoms with Crippen molar-refractivity contribution in [2.75, 3.05) is 4.92 Å². The van der Waals surface area contributed by atoms with Crippen LogP contribution in [0.4, 0.5) is 5.69 Å². The summed E-state index contributed by atoms with van der Waals surface area (Å²) in [5, 5.41) is 0. The molecule has 0 unspecified atom stereocenters. The van der Waals surface area contributed by atoms with Gasteiger partial charge in [-0.25, -0.2) is 9.66 Å². The molecule has 7 rings (SSSR count). The molecule has 0 fully saturated rings. The van der Waals surface area contributed by atoms with Crippen LogP contribution in [0, 0.1) is 0 Å². The summed E-state index contributed by atoms with van der Waals surface area (Å²) >= 11 is 0. The van der Waals surface area contributed by atoms with E-state index < -0.39 is 0 Å². The predicted molar refractivity (Wildman–Crippen MR) is 120 cm³/mol. The molecule has 0 amide bonds. The molecular weight excluding hydrogens is 353 g/mol. The highest BCUT2D eigenvalue weighted by molar-refractivity contribution is 6.91. The van der Waals surface area contributed by atoms with Crippen LogP contribution in [0.15, 0.2) is 97.1 Å². The van der Waals surface area contributed by atoms with Gasteiger partial charge in [-0.3, -0.25) is 0 Å². The largest absolute Gasteiger partial charge is 0.348 e. The van der Waals surface area contributed by atoms with Gasteiger partial charge in [0, 0.05) is 11.1 Å². The van der Waals surface area contributed by atoms with Gasteiger partial charge in [-0.2, -0.15) is 0 Å². The van der Waals surface area contributed by atoms with Crippen molar-refractivity contribution >= 4 is 34.5 Å². The van der Waals surface area contributed by atoms with E-state index >= 15 is 0 Å². The normalized spacial score (nSPS) is 13.4. The third kappa shape index (κ3) is 1.86. The van der Waals surface area contributed by atoms with Crippen molar-refractivity contribution < 1.29 is 0 Å². The molecule has 4 aromatic carbocycles. The van der Waals surface area contributed by atoms with Gasteiger partial charge in [-0.15, -0.1) is 0 Å². The first-order valence-electron chi connectivity index (χ1n) is 9.96. The van der Waals surface area contributed by atoms with Gasteiger partial charge in [0.05, 0.1) is 16.7 Å². The molecule has 0 N–H and O–H groups in total. The Hall–Kier alpha value is -3.79. The first-order valence-corrected chi connectivity index (χ1v) is 9.96. The van der Waals surface area contributed by atoms with Crippen molar-refractivity contribution in [3.8, 4) is 22.5 Å². The van der Waals surface area contributed by atoms with E-state index in [0.29, 0.717) is 0 Å². The average Bonchev–Trinajstić information content (AvgIpc) is 3.19. The third-order valence-corrected chi connectivity index (χ3v) is 6.19. The van der Waals surface area contributed by atoms with Crippen molar-refractivity contribution in [3.63, 3.8) is 0 Å². The highest BCUT2D eigenvalue weighted by atomic mass is 15.5. The zero-order valence-corrected chi connectivity index (χ0v) is 15.7. The van der Waals surface area contributed by atoms with Crippen LogP contribution in [0.3, 0.4) is 0 Å². The van der Waals surface area contributed by atoms with Crippen molar-refractivity contribution in [1.29, 1.82) is 0 Å². The predicted octanol–water partition coefficient (Wildman–Crippen LogP) is 4.07. The van der Waals surface area contributed by atoms with Gasteiger partial charge >= 0.3 is 6.85 Å². The van der Waals surface area contributed by atoms with E-state index in [1.165, 1.54) is 33.3 Å². The van der Waals surface area contributed by atoms with Gasteiger partial charge in [0.25, 0.3) is 0 Å². The number of fused-ring (bicyclic) bond motifs is 13. The number of rotatable bonds is 0. The second kappa shape index (κ2) is 5.39. The zero-order chi connectivity index (χ0) is 18.9. The maximum absolute atomic E-state index is 5.04. The SMILES string of the molecule is c1ccc2c(c1)B1c3ccccc3-c3nc4ccccc4n3N1c1ccccc1-2. The van der Waals surface area contributed by atoms with Crippen molar-refractivity contribution in [2.45, 2.75) is 0 Å². The molecule has 134 valence electrons. The van der Waals surface area contributed by atoms with E-state index in [2.05, 4.69) is 107 Å². The molecule has 0 aliphatic carbocycles. The smallest absolute Gasteiger partial charge is 0.312 e. The zero-order valence-electron chi connectivity index (χ0n) is 15.7. The van der Waals surface area contributed by atoms with Gasteiger partial charge in [-0.1, -0.05) is 78.9 Å². The van der Waals surface area contributed by atoms with Crippen LogP contribution in [-0.2, 0) is 0 Å². The monoisotopic (exact) mass is 369 g/mol. The fraction of sp³-hybridized carbons (Fsp3) is 0. The minimum absolute atomic E-state index is 0.113. The quantitative estimate of drug-likeness (QED) is 0.384. The molecule has 0 bridgehead atoms. The van der Waals surface area contributed by atoms with Crippen LogP contribution in [0.1, 0.15) is 0 Å². The lowest BCUT2D eigenvalue weighted by atomic mass is 9.45. The summed E-state index contributed by atoms with van der Waals surface area (Å²) in [6.45, 7) is 0.113. The summed E-state index contributed by atoms with van der Waals surface area (Å²) in [6, 6.07) is 34.6. The number of hydrogen-bond acceptors (Lipinski definition) is 2. The summed E-state index contributed by atoms with van der Waals surface area (Å²) in [5.74, 6) is 1.01. The Balaban J connectivity index is 1.68. The van der Waals surface area contributed by atoms with Gasteiger partial charge in [0.1, 0.15) is 0 Å². The first kappa shape index (κ1) is 15.2. The molecule has 29 heavy (non-hydrogen) atoms. The van der Waals surface area contributed by atoms with Crippen LogP contribution in [-0.4, -0.2) is 16.5 Å². The van der Waals surface area contributed by atoms with E-state index in [4.69, 9.17) is 4.98 Å². The van der Waals surface area contributed by atoms with Gasteiger partial charge in [0.2, 0.25) is 0 Å². The lowest BCUT2D eigenvalue weighted by Gasteiger charge is -2.43. The van der Waals surface area contributed by atoms with Gasteiger partial charge in [-0.05, 0) is 34.7 Å². The Morgan fingerprint density at radius 2 is 1.21 bits per heavy atom. The maximum Gasteiger partial charge on any atom is 0.348 e. The molecule has 5 aromatic rings. The molecule has 0 spiro atoms. The Kier molecular flexibility index (Phi) is 2.82. The molecule has 3 heterocycles. The molecule has 4 heteroatoms. The van der Waals surface area contributed by atoms with Crippen molar-refractivity contribution in [2.24, 2.45) is 0 Å². The molecule has 2 aliphatic rings. The Labute approximate surface area is 168 Å². The second-order valence-corrected chi connectivity index (χ2v) is 7.67. The van der Waals surface area contributed by atoms with Gasteiger partial charge in [0.15, 0.2) is 5.82 Å². The average molecular weight is 369 g/mol. The molecule has 0 radical (unpaired) electrons. The highest BCUT2D eigenvalue weighted by Gasteiger charge is 2.43. The number of para-hydroxylation sites is 3. The maximum atomic E-state index is 5.04. The third-order valence-electron chi connectivity index (χ3n) is 6.19. The minimum atomic E-state index is 0.113. The number of hydrogen-bond donors (Lipinski definition) is 0. The van der Waals surface area contributed by atoms with E-state index in [-0.39, 0.29) is 6.85 Å². The van der Waals surface area contributed by atoms with E-state index in [1.807, 2.05) is 0 Å². The summed E-state index contributed by atoms with van der Waals surface area (Å²) in [7, 11) is 0. The molecule has 0 saturated carbocycles. The summed E-state index contributed by atoms with van der Waals surface area (Å²) in [5.41, 5.74) is 9.80. The highest BCUT2D eigenvalue weighted by Crippen LogP contribution is 2.40. The van der Waals surface area contributed by atoms with Crippen molar-refractivity contribution in [1.82, 2.24) is 9.66 Å². The van der Waals surface area contributed by atoms with Crippen LogP contribution in [0.5, 0.6) is 0 Å². The van der Waals surface area contributed by atoms with Crippen LogP contribution in [0.25, 0.3) is 33.5 Å². The second-order valence-electron chi connectivity index (χ2n) is 7.67. The standard InChI is InChI=1S/C25H16BN3/c1-4-12-20-17(9-1)18-10-3-7-15-23(18)29-26(20)21-13-5-2-11-19(21)25-27-22-14-6-8-16-24(22)28(25)29/h1-16H. The van der Waals surface area contributed by atoms with Crippen LogP contribution >= 0.6 is 0 Å². The fourth-order valence-electron chi connectivity index (χ4n) is 5.02. The van der Waals surface area contributed by atoms with Crippen molar-refractivity contribution in [3.05, 3.63) is 97.1 Å². The molecule has 2 aliphatic heterocycles. The van der Waals surface area contributed by atoms with E-state index in [1.54, 1.807) is 0 Å². The van der Waals surface area contributed by atoms with E-state index in [9.17, 15) is 0 Å². The van der Waals surface area contributed by atoms with E-state index in [0.717, 1.165) is 16.9 Å². The topological polar surface area (TPSA) is 21.1 Å². The molecular formula is C25H16BN3. The lowest BCUT2D eigenvalue weighted by Crippen LogP contribution is -2.63. The first-order chi connectivity index (χ1) is 14.4. The Morgan fingerprint density at radius 1 is 0.586 bits per heavy atom. The number of aromatic nitrogens is 2. The van der Waals surface area contributed by atoms with Gasteiger partial charge < -0.3 is 4.92 Å². The number of anilines is 1. The number of imidazole rings is 1. The fourth-order valence-corrected chi connectivity index (χ4v) is 5.02. The summed E-state index contributed by atoms with van der Waals surface area (Å²) in [6.07, 6.45) is 0. The van der Waals surface area contributed by atoms with Crippen LogP contribution in [0.2, 0.25) is 0 Å². The molecule has 3 nitrogen and oxygen atoms in total. The number of benzene rings is 4. The summed E-state index contributed by atoms with van der Waals surface area (Å²) in [4.78, 5) is 7.47. The Bertz CT molecular complexity index is 1440. The van der Waals surface area contributed by atoms with Crippen LogP contribution < -0.4 is 15.8 Å². The molecule has 0 atom stereocenters.